The first-order chi connectivity index (χ1) is 8.72. The molecule has 1 aromatic carbocycles. The summed E-state index contributed by atoms with van der Waals surface area (Å²) in [5.74, 6) is 0.570. The first-order valence-electron chi connectivity index (χ1n) is 6.39. The van der Waals surface area contributed by atoms with Crippen LogP contribution in [0.5, 0.6) is 5.75 Å². The molecule has 1 fully saturated rings. The molecule has 1 aliphatic rings. The van der Waals surface area contributed by atoms with Crippen LogP contribution in [-0.4, -0.2) is 19.7 Å². The largest absolute Gasteiger partial charge is 0.496 e. The van der Waals surface area contributed by atoms with Crippen LogP contribution in [-0.2, 0) is 6.42 Å². The van der Waals surface area contributed by atoms with E-state index >= 15 is 0 Å². The highest BCUT2D eigenvalue weighted by Crippen LogP contribution is 2.31. The molecule has 18 heavy (non-hydrogen) atoms. The van der Waals surface area contributed by atoms with E-state index in [9.17, 15) is 8.78 Å². The lowest BCUT2D eigenvalue weighted by molar-refractivity contribution is 0.149. The molecule has 0 aromatic heterocycles. The zero-order chi connectivity index (χ0) is 13.0. The molecule has 1 N–H and O–H groups in total. The van der Waals surface area contributed by atoms with E-state index < -0.39 is 6.43 Å². The third-order valence-corrected chi connectivity index (χ3v) is 3.49. The van der Waals surface area contributed by atoms with Crippen LogP contribution in [0.15, 0.2) is 18.2 Å². The Morgan fingerprint density at radius 1 is 1.39 bits per heavy atom. The summed E-state index contributed by atoms with van der Waals surface area (Å²) in [6.07, 6.45) is 1.55. The standard InChI is InChI=1S/C14H19F2NO/c1-18-13-7-4-6-11(14(15)16)12(13)9-10-5-2-3-8-17-10/h4,6-7,10,14,17H,2-3,5,8-9H2,1H3. The van der Waals surface area contributed by atoms with E-state index in [0.29, 0.717) is 17.7 Å². The summed E-state index contributed by atoms with van der Waals surface area (Å²) in [6, 6.07) is 5.15. The highest BCUT2D eigenvalue weighted by atomic mass is 19.3. The average Bonchev–Trinajstić information content (AvgIpc) is 2.40. The fourth-order valence-electron chi connectivity index (χ4n) is 2.54. The number of hydrogen-bond donors (Lipinski definition) is 1. The lowest BCUT2D eigenvalue weighted by Gasteiger charge is -2.25. The summed E-state index contributed by atoms with van der Waals surface area (Å²) in [5.41, 5.74) is 0.746. The smallest absolute Gasteiger partial charge is 0.264 e. The average molecular weight is 255 g/mol. The minimum absolute atomic E-state index is 0.0988. The Morgan fingerprint density at radius 3 is 2.83 bits per heavy atom. The first-order valence-corrected chi connectivity index (χ1v) is 6.39. The van der Waals surface area contributed by atoms with E-state index in [2.05, 4.69) is 5.32 Å². The lowest BCUT2D eigenvalue weighted by Crippen LogP contribution is -2.35. The van der Waals surface area contributed by atoms with Gasteiger partial charge in [-0.25, -0.2) is 8.78 Å². The van der Waals surface area contributed by atoms with Gasteiger partial charge in [-0.05, 0) is 31.9 Å². The molecule has 0 radical (unpaired) electrons. The fraction of sp³-hybridized carbons (Fsp3) is 0.571. The van der Waals surface area contributed by atoms with Crippen LogP contribution in [0.4, 0.5) is 8.78 Å². The second-order valence-corrected chi connectivity index (χ2v) is 4.68. The number of rotatable bonds is 4. The van der Waals surface area contributed by atoms with E-state index in [4.69, 9.17) is 4.74 Å². The molecule has 0 amide bonds. The molecule has 1 heterocycles. The third kappa shape index (κ3) is 2.99. The summed E-state index contributed by atoms with van der Waals surface area (Å²) in [4.78, 5) is 0. The molecule has 2 nitrogen and oxygen atoms in total. The summed E-state index contributed by atoms with van der Waals surface area (Å²) in [5, 5.41) is 3.38. The molecule has 2 rings (SSSR count). The number of ether oxygens (including phenoxy) is 1. The Labute approximate surface area is 106 Å². The van der Waals surface area contributed by atoms with Crippen LogP contribution in [0.1, 0.15) is 36.8 Å². The Kier molecular flexibility index (Phi) is 4.53. The van der Waals surface area contributed by atoms with Gasteiger partial charge in [0.05, 0.1) is 7.11 Å². The second kappa shape index (κ2) is 6.14. The second-order valence-electron chi connectivity index (χ2n) is 4.68. The number of piperidine rings is 1. The van der Waals surface area contributed by atoms with Crippen molar-refractivity contribution in [2.24, 2.45) is 0 Å². The maximum absolute atomic E-state index is 13.0. The molecule has 100 valence electrons. The number of benzene rings is 1. The number of halogens is 2. The summed E-state index contributed by atoms with van der Waals surface area (Å²) >= 11 is 0. The number of alkyl halides is 2. The summed E-state index contributed by atoms with van der Waals surface area (Å²) < 4.78 is 31.3. The van der Waals surface area contributed by atoms with E-state index in [0.717, 1.165) is 19.4 Å². The van der Waals surface area contributed by atoms with Gasteiger partial charge in [-0.3, -0.25) is 0 Å². The quantitative estimate of drug-likeness (QED) is 0.891. The van der Waals surface area contributed by atoms with Gasteiger partial charge in [0, 0.05) is 17.2 Å². The molecular weight excluding hydrogens is 236 g/mol. The first kappa shape index (κ1) is 13.3. The van der Waals surface area contributed by atoms with E-state index in [1.165, 1.54) is 19.6 Å². The Balaban J connectivity index is 2.22. The van der Waals surface area contributed by atoms with Crippen LogP contribution in [0.2, 0.25) is 0 Å². The van der Waals surface area contributed by atoms with Gasteiger partial charge in [-0.1, -0.05) is 18.6 Å². The summed E-state index contributed by atoms with van der Waals surface area (Å²) in [7, 11) is 1.53. The lowest BCUT2D eigenvalue weighted by atomic mass is 9.94. The number of methoxy groups -OCH3 is 1. The van der Waals surface area contributed by atoms with Gasteiger partial charge in [-0.15, -0.1) is 0 Å². The number of nitrogens with one attached hydrogen (secondary N) is 1. The Morgan fingerprint density at radius 2 is 2.22 bits per heavy atom. The van der Waals surface area contributed by atoms with Crippen molar-refractivity contribution in [1.82, 2.24) is 5.32 Å². The molecule has 1 aromatic rings. The molecule has 1 unspecified atom stereocenters. The zero-order valence-electron chi connectivity index (χ0n) is 10.6. The van der Waals surface area contributed by atoms with Crippen molar-refractivity contribution >= 4 is 0 Å². The highest BCUT2D eigenvalue weighted by Gasteiger charge is 2.21. The molecule has 0 spiro atoms. The molecule has 1 aliphatic heterocycles. The Bertz CT molecular complexity index is 389. The van der Waals surface area contributed by atoms with Crippen molar-refractivity contribution in [3.05, 3.63) is 29.3 Å². The van der Waals surface area contributed by atoms with Gasteiger partial charge < -0.3 is 10.1 Å². The maximum Gasteiger partial charge on any atom is 0.264 e. The number of hydrogen-bond acceptors (Lipinski definition) is 2. The Hall–Kier alpha value is -1.16. The van der Waals surface area contributed by atoms with Crippen LogP contribution >= 0.6 is 0 Å². The summed E-state index contributed by atoms with van der Waals surface area (Å²) in [6.45, 7) is 0.976. The van der Waals surface area contributed by atoms with Gasteiger partial charge in [0.2, 0.25) is 0 Å². The van der Waals surface area contributed by atoms with Crippen molar-refractivity contribution in [2.75, 3.05) is 13.7 Å². The van der Waals surface area contributed by atoms with Crippen molar-refractivity contribution in [2.45, 2.75) is 38.2 Å². The van der Waals surface area contributed by atoms with Crippen molar-refractivity contribution in [3.8, 4) is 5.75 Å². The molecule has 0 aliphatic carbocycles. The van der Waals surface area contributed by atoms with Gasteiger partial charge in [0.1, 0.15) is 5.75 Å². The molecule has 0 saturated carbocycles. The van der Waals surface area contributed by atoms with Crippen LogP contribution in [0, 0.1) is 0 Å². The van der Waals surface area contributed by atoms with E-state index in [1.54, 1.807) is 12.1 Å². The molecular formula is C14H19F2NO. The van der Waals surface area contributed by atoms with Crippen molar-refractivity contribution in [1.29, 1.82) is 0 Å². The van der Waals surface area contributed by atoms with Crippen molar-refractivity contribution in [3.63, 3.8) is 0 Å². The fourth-order valence-corrected chi connectivity index (χ4v) is 2.54. The maximum atomic E-state index is 13.0. The van der Waals surface area contributed by atoms with Crippen molar-refractivity contribution < 1.29 is 13.5 Å². The zero-order valence-corrected chi connectivity index (χ0v) is 10.6. The topological polar surface area (TPSA) is 21.3 Å². The van der Waals surface area contributed by atoms with Gasteiger partial charge >= 0.3 is 0 Å². The van der Waals surface area contributed by atoms with Crippen LogP contribution in [0.25, 0.3) is 0 Å². The van der Waals surface area contributed by atoms with Gasteiger partial charge in [0.25, 0.3) is 6.43 Å². The van der Waals surface area contributed by atoms with Crippen LogP contribution in [0.3, 0.4) is 0 Å². The monoisotopic (exact) mass is 255 g/mol. The SMILES string of the molecule is COc1cccc(C(F)F)c1CC1CCCCN1. The molecule has 1 atom stereocenters. The van der Waals surface area contributed by atoms with Gasteiger partial charge in [-0.2, -0.15) is 0 Å². The molecule has 0 bridgehead atoms. The highest BCUT2D eigenvalue weighted by molar-refractivity contribution is 5.41. The minimum Gasteiger partial charge on any atom is -0.496 e. The third-order valence-electron chi connectivity index (χ3n) is 3.49. The normalized spacial score (nSPS) is 20.1. The van der Waals surface area contributed by atoms with Crippen LogP contribution < -0.4 is 10.1 Å². The molecule has 1 saturated heterocycles. The minimum atomic E-state index is -2.45. The van der Waals surface area contributed by atoms with E-state index in [1.807, 2.05) is 0 Å². The van der Waals surface area contributed by atoms with E-state index in [-0.39, 0.29) is 11.6 Å². The molecule has 4 heteroatoms. The van der Waals surface area contributed by atoms with Gasteiger partial charge in [0.15, 0.2) is 0 Å². The predicted octanol–water partition coefficient (Wildman–Crippen LogP) is 3.32. The predicted molar refractivity (Wildman–Crippen MR) is 67.3 cm³/mol.